The van der Waals surface area contributed by atoms with E-state index in [0.717, 1.165) is 16.4 Å². The minimum Gasteiger partial charge on any atom is -0.351 e. The molecule has 8 heteroatoms. The Kier molecular flexibility index (Phi) is 3.13. The van der Waals surface area contributed by atoms with E-state index in [1.807, 2.05) is 17.5 Å². The molecular formula is C12H10N6OS. The van der Waals surface area contributed by atoms with E-state index in [-0.39, 0.29) is 0 Å². The summed E-state index contributed by atoms with van der Waals surface area (Å²) in [7, 11) is 0. The summed E-state index contributed by atoms with van der Waals surface area (Å²) in [5.74, 6) is 0.391. The molecule has 20 heavy (non-hydrogen) atoms. The number of nitrogens with two attached hydrogens (primary N) is 1. The summed E-state index contributed by atoms with van der Waals surface area (Å²) in [6.07, 6.45) is 5.01. The second-order valence-electron chi connectivity index (χ2n) is 3.86. The normalized spacial score (nSPS) is 10.4. The molecule has 2 amide bonds. The number of rotatable bonds is 3. The zero-order chi connectivity index (χ0) is 13.9. The van der Waals surface area contributed by atoms with E-state index in [0.29, 0.717) is 5.82 Å². The number of hydrogen-bond donors (Lipinski definition) is 2. The number of hydrogen-bond acceptors (Lipinski definition) is 5. The molecule has 0 aromatic carbocycles. The van der Waals surface area contributed by atoms with Crippen molar-refractivity contribution in [2.75, 3.05) is 5.32 Å². The number of carbonyl (C=O) groups excluding carboxylic acids is 1. The number of pyridine rings is 1. The molecular weight excluding hydrogens is 276 g/mol. The average molecular weight is 286 g/mol. The molecule has 0 saturated carbocycles. The highest BCUT2D eigenvalue weighted by atomic mass is 32.1. The first-order valence-corrected chi connectivity index (χ1v) is 6.59. The van der Waals surface area contributed by atoms with Crippen LogP contribution in [0.25, 0.3) is 16.4 Å². The van der Waals surface area contributed by atoms with Crippen molar-refractivity contribution in [3.8, 4) is 16.4 Å². The van der Waals surface area contributed by atoms with Gasteiger partial charge in [-0.05, 0) is 18.2 Å². The lowest BCUT2D eigenvalue weighted by atomic mass is 10.2. The van der Waals surface area contributed by atoms with E-state index in [9.17, 15) is 4.79 Å². The Labute approximate surface area is 118 Å². The fraction of sp³-hybridized carbons (Fsp3) is 0. The first-order chi connectivity index (χ1) is 9.74. The highest BCUT2D eigenvalue weighted by molar-refractivity contribution is 7.12. The van der Waals surface area contributed by atoms with E-state index in [1.165, 1.54) is 11.3 Å². The molecule has 3 heterocycles. The smallest absolute Gasteiger partial charge is 0.317 e. The van der Waals surface area contributed by atoms with Gasteiger partial charge in [0.05, 0.1) is 11.9 Å². The Bertz CT molecular complexity index is 736. The van der Waals surface area contributed by atoms with Crippen molar-refractivity contribution in [1.82, 2.24) is 19.7 Å². The van der Waals surface area contributed by atoms with E-state index in [4.69, 9.17) is 5.73 Å². The molecule has 0 atom stereocenters. The number of thiazole rings is 1. The number of nitrogens with one attached hydrogen (secondary N) is 1. The number of carbonyl (C=O) groups is 1. The Hall–Kier alpha value is -2.74. The van der Waals surface area contributed by atoms with Crippen LogP contribution in [0.5, 0.6) is 0 Å². The molecule has 3 N–H and O–H groups in total. The molecule has 0 bridgehead atoms. The Morgan fingerprint density at radius 3 is 2.90 bits per heavy atom. The van der Waals surface area contributed by atoms with Gasteiger partial charge in [0.2, 0.25) is 5.13 Å². The van der Waals surface area contributed by atoms with Gasteiger partial charge in [0.1, 0.15) is 5.82 Å². The monoisotopic (exact) mass is 286 g/mol. The topological polar surface area (TPSA) is 98.7 Å². The number of amides is 2. The second-order valence-corrected chi connectivity index (χ2v) is 4.73. The van der Waals surface area contributed by atoms with Crippen molar-refractivity contribution in [3.63, 3.8) is 0 Å². The minimum atomic E-state index is -0.650. The van der Waals surface area contributed by atoms with Gasteiger partial charge in [0, 0.05) is 23.3 Å². The van der Waals surface area contributed by atoms with E-state index in [1.54, 1.807) is 29.3 Å². The lowest BCUT2D eigenvalue weighted by Crippen LogP contribution is -2.19. The largest absolute Gasteiger partial charge is 0.351 e. The molecule has 3 rings (SSSR count). The van der Waals surface area contributed by atoms with Gasteiger partial charge in [-0.3, -0.25) is 5.32 Å². The third-order valence-electron chi connectivity index (χ3n) is 2.55. The Morgan fingerprint density at radius 2 is 2.15 bits per heavy atom. The van der Waals surface area contributed by atoms with Gasteiger partial charge in [0.15, 0.2) is 0 Å². The average Bonchev–Trinajstić information content (AvgIpc) is 3.09. The van der Waals surface area contributed by atoms with Crippen LogP contribution >= 0.6 is 11.3 Å². The fourth-order valence-electron chi connectivity index (χ4n) is 1.78. The minimum absolute atomic E-state index is 0.391. The quantitative estimate of drug-likeness (QED) is 0.768. The summed E-state index contributed by atoms with van der Waals surface area (Å²) in [4.78, 5) is 19.1. The zero-order valence-electron chi connectivity index (χ0n) is 10.2. The first-order valence-electron chi connectivity index (χ1n) is 5.71. The van der Waals surface area contributed by atoms with Gasteiger partial charge in [-0.15, -0.1) is 11.3 Å². The van der Waals surface area contributed by atoms with Gasteiger partial charge < -0.3 is 5.73 Å². The molecule has 3 aromatic heterocycles. The molecule has 3 aromatic rings. The summed E-state index contributed by atoms with van der Waals surface area (Å²) in [5, 5.41) is 9.36. The van der Waals surface area contributed by atoms with E-state index < -0.39 is 6.03 Å². The van der Waals surface area contributed by atoms with E-state index in [2.05, 4.69) is 20.4 Å². The molecule has 0 aliphatic heterocycles. The number of urea groups is 1. The highest BCUT2D eigenvalue weighted by Crippen LogP contribution is 2.24. The van der Waals surface area contributed by atoms with Crippen molar-refractivity contribution < 1.29 is 4.79 Å². The van der Waals surface area contributed by atoms with Crippen LogP contribution in [0, 0.1) is 0 Å². The van der Waals surface area contributed by atoms with Crippen molar-refractivity contribution in [2.24, 2.45) is 5.73 Å². The molecule has 0 spiro atoms. The second kappa shape index (κ2) is 5.10. The number of nitrogens with zero attached hydrogens (tertiary/aromatic N) is 4. The van der Waals surface area contributed by atoms with Crippen molar-refractivity contribution in [2.45, 2.75) is 0 Å². The number of primary amides is 1. The predicted molar refractivity (Wildman–Crippen MR) is 75.7 cm³/mol. The number of aromatic nitrogens is 4. The predicted octanol–water partition coefficient (Wildman–Crippen LogP) is 1.88. The van der Waals surface area contributed by atoms with E-state index >= 15 is 0 Å². The third kappa shape index (κ3) is 2.36. The van der Waals surface area contributed by atoms with Crippen molar-refractivity contribution >= 4 is 23.2 Å². The molecule has 100 valence electrons. The van der Waals surface area contributed by atoms with Gasteiger partial charge in [0.25, 0.3) is 0 Å². The van der Waals surface area contributed by atoms with Crippen LogP contribution in [0.3, 0.4) is 0 Å². The molecule has 0 radical (unpaired) electrons. The standard InChI is InChI=1S/C12H10N6OS/c13-11(19)17-10-7-8(1-3-14-10)9-2-4-16-18(9)12-15-5-6-20-12/h1-7H,(H3,13,14,17,19). The molecule has 0 aliphatic carbocycles. The molecule has 0 saturated heterocycles. The van der Waals surface area contributed by atoms with Crippen LogP contribution in [0.1, 0.15) is 0 Å². The van der Waals surface area contributed by atoms with Crippen LogP contribution in [0.2, 0.25) is 0 Å². The molecule has 0 unspecified atom stereocenters. The maximum Gasteiger partial charge on any atom is 0.317 e. The van der Waals surface area contributed by atoms with Crippen LogP contribution in [0.15, 0.2) is 42.2 Å². The zero-order valence-corrected chi connectivity index (χ0v) is 11.0. The molecule has 0 fully saturated rings. The Balaban J connectivity index is 2.02. The SMILES string of the molecule is NC(=O)Nc1cc(-c2ccnn2-c2nccs2)ccn1. The summed E-state index contributed by atoms with van der Waals surface area (Å²) < 4.78 is 1.73. The fourth-order valence-corrected chi connectivity index (χ4v) is 2.39. The Morgan fingerprint density at radius 1 is 1.25 bits per heavy atom. The summed E-state index contributed by atoms with van der Waals surface area (Å²) in [6.45, 7) is 0. The van der Waals surface area contributed by atoms with Crippen LogP contribution in [-0.4, -0.2) is 25.8 Å². The first kappa shape index (κ1) is 12.3. The van der Waals surface area contributed by atoms with Crippen LogP contribution in [-0.2, 0) is 0 Å². The van der Waals surface area contributed by atoms with Crippen LogP contribution in [0.4, 0.5) is 10.6 Å². The third-order valence-corrected chi connectivity index (χ3v) is 3.30. The van der Waals surface area contributed by atoms with Crippen LogP contribution < -0.4 is 11.1 Å². The maximum atomic E-state index is 10.9. The number of anilines is 1. The van der Waals surface area contributed by atoms with Crippen molar-refractivity contribution in [1.29, 1.82) is 0 Å². The van der Waals surface area contributed by atoms with Gasteiger partial charge in [-0.25, -0.2) is 19.4 Å². The van der Waals surface area contributed by atoms with Gasteiger partial charge in [-0.1, -0.05) is 0 Å². The lowest BCUT2D eigenvalue weighted by Gasteiger charge is -2.06. The molecule has 0 aliphatic rings. The highest BCUT2D eigenvalue weighted by Gasteiger charge is 2.10. The maximum absolute atomic E-state index is 10.9. The summed E-state index contributed by atoms with van der Waals surface area (Å²) in [6, 6.07) is 4.77. The van der Waals surface area contributed by atoms with Gasteiger partial charge >= 0.3 is 6.03 Å². The van der Waals surface area contributed by atoms with Gasteiger partial charge in [-0.2, -0.15) is 5.10 Å². The molecule has 7 nitrogen and oxygen atoms in total. The summed E-state index contributed by atoms with van der Waals surface area (Å²) in [5.41, 5.74) is 6.80. The van der Waals surface area contributed by atoms with Crippen molar-refractivity contribution in [3.05, 3.63) is 42.2 Å². The lowest BCUT2D eigenvalue weighted by molar-refractivity contribution is 0.259. The summed E-state index contributed by atoms with van der Waals surface area (Å²) >= 11 is 1.49.